The smallest absolute Gasteiger partial charge is 0.302 e. The largest absolute Gasteiger partial charge is 0.443 e. The molecule has 0 aliphatic rings. The summed E-state index contributed by atoms with van der Waals surface area (Å²) in [5.74, 6) is 1.93. The Morgan fingerprint density at radius 2 is 0.909 bits per heavy atom. The number of benzene rings is 2. The fourth-order valence-corrected chi connectivity index (χ4v) is 13.9. The van der Waals surface area contributed by atoms with Crippen LogP contribution in [0, 0.1) is 21.0 Å². The predicted molar refractivity (Wildman–Crippen MR) is 227 cm³/mol. The van der Waals surface area contributed by atoms with Crippen molar-refractivity contribution in [1.82, 2.24) is 0 Å². The summed E-state index contributed by atoms with van der Waals surface area (Å²) in [6.45, 7) is 21.3. The summed E-state index contributed by atoms with van der Waals surface area (Å²) in [6.07, 6.45) is 17.1. The van der Waals surface area contributed by atoms with Gasteiger partial charge >= 0.3 is 3.79 Å². The van der Waals surface area contributed by atoms with E-state index in [4.69, 9.17) is 9.47 Å². The lowest BCUT2D eigenvalue weighted by Crippen LogP contribution is -2.42. The van der Waals surface area contributed by atoms with Crippen LogP contribution in [0.5, 0.6) is 11.5 Å². The van der Waals surface area contributed by atoms with Crippen LogP contribution in [0.3, 0.4) is 0 Å². The van der Waals surface area contributed by atoms with E-state index in [-0.39, 0.29) is 0 Å². The monoisotopic (exact) mass is 974 g/mol. The molecule has 0 atom stereocenters. The van der Waals surface area contributed by atoms with Crippen LogP contribution in [0.2, 0.25) is 38.3 Å². The molecule has 0 amide bonds. The highest BCUT2D eigenvalue weighted by Gasteiger charge is 2.34. The zero-order valence-electron chi connectivity index (χ0n) is 29.4. The SMILES string of the molecule is CCCCCCCC[Si](C)(C)c1cc(C)c(OC(I)(CC)Oc2c(C)cc([Si](C)(C)CCCCCCCC)cc2I)c(I)c1. The molecule has 0 aromatic heterocycles. The molecule has 0 aliphatic carbocycles. The van der Waals surface area contributed by atoms with Gasteiger partial charge in [0.1, 0.15) is 11.5 Å². The molecule has 250 valence electrons. The number of rotatable bonds is 21. The Balaban J connectivity index is 2.15. The Labute approximate surface area is 314 Å². The first kappa shape index (κ1) is 40.8. The number of unbranched alkanes of at least 4 members (excludes halogenated alkanes) is 10. The molecule has 0 saturated carbocycles. The number of ether oxygens (including phenoxy) is 2. The molecular formula is C37H61I3O2Si2. The first-order valence-electron chi connectivity index (χ1n) is 17.4. The van der Waals surface area contributed by atoms with Gasteiger partial charge in [-0.15, -0.1) is 0 Å². The number of alkyl halides is 1. The molecule has 7 heteroatoms. The van der Waals surface area contributed by atoms with Crippen LogP contribution in [0.1, 0.15) is 115 Å². The fourth-order valence-electron chi connectivity index (χ4n) is 5.95. The zero-order chi connectivity index (χ0) is 33.0. The number of hydrogen-bond acceptors (Lipinski definition) is 2. The van der Waals surface area contributed by atoms with E-state index in [1.807, 2.05) is 0 Å². The Hall–Kier alpha value is 0.664. The minimum Gasteiger partial charge on any atom is -0.443 e. The summed E-state index contributed by atoms with van der Waals surface area (Å²) in [5, 5.41) is 3.09. The molecule has 2 aromatic carbocycles. The lowest BCUT2D eigenvalue weighted by Gasteiger charge is -2.32. The van der Waals surface area contributed by atoms with E-state index in [0.717, 1.165) is 17.9 Å². The van der Waals surface area contributed by atoms with E-state index < -0.39 is 19.9 Å². The van der Waals surface area contributed by atoms with Crippen LogP contribution in [-0.2, 0) is 0 Å². The van der Waals surface area contributed by atoms with Gasteiger partial charge in [-0.2, -0.15) is 0 Å². The van der Waals surface area contributed by atoms with Crippen molar-refractivity contribution in [2.75, 3.05) is 0 Å². The molecule has 0 bridgehead atoms. The lowest BCUT2D eigenvalue weighted by molar-refractivity contribution is -0.0167. The van der Waals surface area contributed by atoms with E-state index in [0.29, 0.717) is 0 Å². The molecule has 2 nitrogen and oxygen atoms in total. The third-order valence-electron chi connectivity index (χ3n) is 9.26. The summed E-state index contributed by atoms with van der Waals surface area (Å²) in [6, 6.07) is 12.3. The van der Waals surface area contributed by atoms with Gasteiger partial charge in [0.25, 0.3) is 0 Å². The van der Waals surface area contributed by atoms with Crippen LogP contribution in [0.25, 0.3) is 0 Å². The molecule has 0 fully saturated rings. The first-order chi connectivity index (χ1) is 20.7. The standard InChI is InChI=1S/C37H61I3O2Si2/c1-10-13-15-17-19-21-23-43(6,7)31-25-29(4)35(33(38)27-31)41-37(40,12-3)42-36-30(5)26-32(28-34(36)39)44(8,9)24-22-20-18-16-14-11-2/h25-28H,10-24H2,1-9H3. The van der Waals surface area contributed by atoms with Crippen LogP contribution >= 0.6 is 67.8 Å². The van der Waals surface area contributed by atoms with Gasteiger partial charge in [0.05, 0.1) is 23.3 Å². The van der Waals surface area contributed by atoms with Crippen LogP contribution < -0.4 is 19.8 Å². The van der Waals surface area contributed by atoms with Gasteiger partial charge in [0.2, 0.25) is 0 Å². The molecule has 0 heterocycles. The number of hydrogen-bond donors (Lipinski definition) is 0. The molecule has 0 saturated heterocycles. The Kier molecular flexibility index (Phi) is 18.2. The second kappa shape index (κ2) is 19.6. The minimum atomic E-state index is -1.51. The molecule has 0 unspecified atom stereocenters. The summed E-state index contributed by atoms with van der Waals surface area (Å²) < 4.78 is 15.2. The maximum atomic E-state index is 6.80. The second-order valence-corrected chi connectivity index (χ2v) is 27.9. The van der Waals surface area contributed by atoms with Crippen molar-refractivity contribution in [2.24, 2.45) is 0 Å². The van der Waals surface area contributed by atoms with E-state index in [1.165, 1.54) is 107 Å². The molecule has 0 aliphatic heterocycles. The third kappa shape index (κ3) is 12.9. The summed E-state index contributed by atoms with van der Waals surface area (Å²) >= 11 is 7.37. The first-order valence-corrected chi connectivity index (χ1v) is 27.0. The quantitative estimate of drug-likeness (QED) is 0.0408. The van der Waals surface area contributed by atoms with Crippen molar-refractivity contribution < 1.29 is 9.47 Å². The van der Waals surface area contributed by atoms with Crippen molar-refractivity contribution in [3.8, 4) is 11.5 Å². The van der Waals surface area contributed by atoms with Crippen molar-refractivity contribution in [2.45, 2.75) is 160 Å². The maximum absolute atomic E-state index is 6.80. The summed E-state index contributed by atoms with van der Waals surface area (Å²) in [7, 11) is -3.01. The van der Waals surface area contributed by atoms with Gasteiger partial charge < -0.3 is 9.47 Å². The normalized spacial score (nSPS) is 12.5. The predicted octanol–water partition coefficient (Wildman–Crippen LogP) is 13.0. The van der Waals surface area contributed by atoms with Gasteiger partial charge in [-0.1, -0.05) is 159 Å². The molecule has 0 radical (unpaired) electrons. The van der Waals surface area contributed by atoms with E-state index in [9.17, 15) is 0 Å². The fraction of sp³-hybridized carbons (Fsp3) is 0.676. The molecule has 0 N–H and O–H groups in total. The second-order valence-electron chi connectivity index (χ2n) is 14.2. The van der Waals surface area contributed by atoms with Gasteiger partial charge in [0, 0.05) is 29.0 Å². The van der Waals surface area contributed by atoms with Gasteiger partial charge in [-0.25, -0.2) is 0 Å². The summed E-state index contributed by atoms with van der Waals surface area (Å²) in [5.41, 5.74) is 2.44. The van der Waals surface area contributed by atoms with E-state index in [2.05, 4.69) is 153 Å². The third-order valence-corrected chi connectivity index (χ3v) is 19.0. The Morgan fingerprint density at radius 1 is 0.568 bits per heavy atom. The van der Waals surface area contributed by atoms with Gasteiger partial charge in [-0.05, 0) is 82.3 Å². The lowest BCUT2D eigenvalue weighted by atomic mass is 10.1. The average Bonchev–Trinajstić information content (AvgIpc) is 2.96. The van der Waals surface area contributed by atoms with Crippen LogP contribution in [0.15, 0.2) is 24.3 Å². The molecular weight excluding hydrogens is 913 g/mol. The number of halogens is 3. The van der Waals surface area contributed by atoms with Gasteiger partial charge in [0.15, 0.2) is 0 Å². The highest BCUT2D eigenvalue weighted by atomic mass is 127. The molecule has 0 spiro atoms. The van der Waals surface area contributed by atoms with Crippen molar-refractivity contribution >= 4 is 94.3 Å². The van der Waals surface area contributed by atoms with Crippen LogP contribution in [-0.4, -0.2) is 19.9 Å². The molecule has 2 rings (SSSR count). The van der Waals surface area contributed by atoms with E-state index >= 15 is 0 Å². The topological polar surface area (TPSA) is 18.5 Å². The maximum Gasteiger partial charge on any atom is 0.302 e. The minimum absolute atomic E-state index is 0.749. The summed E-state index contributed by atoms with van der Waals surface area (Å²) in [4.78, 5) is 0. The van der Waals surface area contributed by atoms with Crippen molar-refractivity contribution in [3.05, 3.63) is 42.5 Å². The molecule has 2 aromatic rings. The molecule has 44 heavy (non-hydrogen) atoms. The Bertz CT molecular complexity index is 1030. The van der Waals surface area contributed by atoms with Gasteiger partial charge in [-0.3, -0.25) is 0 Å². The zero-order valence-corrected chi connectivity index (χ0v) is 37.8. The highest BCUT2D eigenvalue weighted by Crippen LogP contribution is 2.38. The van der Waals surface area contributed by atoms with E-state index in [1.54, 1.807) is 10.4 Å². The number of aryl methyl sites for hydroxylation is 2. The van der Waals surface area contributed by atoms with Crippen LogP contribution in [0.4, 0.5) is 0 Å². The van der Waals surface area contributed by atoms with Crippen molar-refractivity contribution in [1.29, 1.82) is 0 Å². The Morgan fingerprint density at radius 3 is 1.23 bits per heavy atom. The highest BCUT2D eigenvalue weighted by molar-refractivity contribution is 14.1. The van der Waals surface area contributed by atoms with Crippen molar-refractivity contribution in [3.63, 3.8) is 0 Å². The average molecular weight is 975 g/mol.